The Bertz CT molecular complexity index is 1000. The maximum Gasteiger partial charge on any atom is 0.417 e. The topological polar surface area (TPSA) is 55.8 Å². The van der Waals surface area contributed by atoms with Crippen LogP contribution in [0.2, 0.25) is 0 Å². The lowest BCUT2D eigenvalue weighted by Crippen LogP contribution is -2.08. The highest BCUT2D eigenvalue weighted by atomic mass is 19.4. The first kappa shape index (κ1) is 27.3. The second-order valence-electron chi connectivity index (χ2n) is 8.00. The maximum atomic E-state index is 13.3. The number of halogens is 3. The number of alkyl halides is 3. The minimum absolute atomic E-state index is 0.230. The molecule has 4 nitrogen and oxygen atoms in total. The smallest absolute Gasteiger partial charge is 0.417 e. The Morgan fingerprint density at radius 1 is 0.941 bits per heavy atom. The minimum Gasteiger partial charge on any atom is -0.508 e. The van der Waals surface area contributed by atoms with Gasteiger partial charge in [0.25, 0.3) is 0 Å². The fraction of sp³-hybridized carbons (Fsp3) is 0.444. The molecule has 0 spiro atoms. The predicted molar refractivity (Wildman–Crippen MR) is 125 cm³/mol. The second kappa shape index (κ2) is 13.7. The normalized spacial score (nSPS) is 11.1. The van der Waals surface area contributed by atoms with Crippen LogP contribution in [0.1, 0.15) is 78.1 Å². The summed E-state index contributed by atoms with van der Waals surface area (Å²) in [7, 11) is 1.62. The number of phenolic OH excluding ortho intramolecular Hbond substituents is 1. The predicted octanol–water partition coefficient (Wildman–Crippen LogP) is 6.52. The first-order valence-corrected chi connectivity index (χ1v) is 11.5. The Morgan fingerprint density at radius 2 is 1.65 bits per heavy atom. The van der Waals surface area contributed by atoms with Crippen molar-refractivity contribution in [1.29, 1.82) is 0 Å². The van der Waals surface area contributed by atoms with Gasteiger partial charge in [0.05, 0.1) is 17.7 Å². The van der Waals surface area contributed by atoms with Crippen LogP contribution in [0.25, 0.3) is 0 Å². The number of rotatable bonds is 11. The van der Waals surface area contributed by atoms with E-state index in [1.165, 1.54) is 6.07 Å². The van der Waals surface area contributed by atoms with Crippen LogP contribution in [0.15, 0.2) is 36.4 Å². The first-order valence-electron chi connectivity index (χ1n) is 11.5. The van der Waals surface area contributed by atoms with Gasteiger partial charge in [0.15, 0.2) is 0 Å². The number of benzene rings is 2. The number of aryl methyl sites for hydroxylation is 1. The van der Waals surface area contributed by atoms with E-state index < -0.39 is 23.5 Å². The van der Waals surface area contributed by atoms with E-state index in [-0.39, 0.29) is 5.56 Å². The quantitative estimate of drug-likeness (QED) is 0.228. The van der Waals surface area contributed by atoms with Crippen LogP contribution in [0, 0.1) is 11.8 Å². The van der Waals surface area contributed by atoms with Gasteiger partial charge in [-0.3, -0.25) is 0 Å². The van der Waals surface area contributed by atoms with Gasteiger partial charge in [0.2, 0.25) is 0 Å². The number of hydrogen-bond donors (Lipinski definition) is 1. The summed E-state index contributed by atoms with van der Waals surface area (Å²) in [4.78, 5) is 12.5. The van der Waals surface area contributed by atoms with E-state index in [4.69, 9.17) is 9.47 Å². The lowest BCUT2D eigenvalue weighted by molar-refractivity contribution is -0.137. The van der Waals surface area contributed by atoms with Crippen molar-refractivity contribution in [3.8, 4) is 17.6 Å². The highest BCUT2D eigenvalue weighted by Crippen LogP contribution is 2.33. The summed E-state index contributed by atoms with van der Waals surface area (Å²) >= 11 is 0. The Balaban J connectivity index is 2.28. The van der Waals surface area contributed by atoms with Crippen LogP contribution in [-0.4, -0.2) is 31.4 Å². The molecule has 0 atom stereocenters. The molecular weight excluding hydrogens is 445 g/mol. The Labute approximate surface area is 199 Å². The fourth-order valence-electron chi connectivity index (χ4n) is 3.40. The molecule has 0 unspecified atom stereocenters. The molecule has 0 radical (unpaired) electrons. The molecule has 7 heteroatoms. The molecule has 2 rings (SSSR count). The lowest BCUT2D eigenvalue weighted by Gasteiger charge is -2.10. The Kier molecular flexibility index (Phi) is 11.0. The summed E-state index contributed by atoms with van der Waals surface area (Å²) in [5, 5.41) is 9.46. The van der Waals surface area contributed by atoms with Gasteiger partial charge in [-0.15, -0.1) is 0 Å². The van der Waals surface area contributed by atoms with Crippen molar-refractivity contribution in [1.82, 2.24) is 0 Å². The molecule has 0 saturated heterocycles. The SMILES string of the molecule is CCCCCCOC(=O)c1ccc(C#Cc2ccc(O)cc2C(F)(F)F)c(CCCCOC)c1. The standard InChI is InChI=1S/C27H31F3O4/c1-3-4-5-7-17-34-26(32)23-13-11-20(22(18-23)9-6-8-16-33-2)10-12-21-14-15-24(31)19-25(21)27(28,29)30/h11,13-15,18-19,31H,3-9,16-17H2,1-2H3. The number of carbonyl (C=O) groups excluding carboxylic acids is 1. The molecule has 0 aliphatic rings. The van der Waals surface area contributed by atoms with Crippen molar-refractivity contribution >= 4 is 5.97 Å². The molecule has 2 aromatic carbocycles. The molecule has 0 aliphatic carbocycles. The van der Waals surface area contributed by atoms with Crippen LogP contribution in [0.3, 0.4) is 0 Å². The first-order chi connectivity index (χ1) is 16.3. The molecule has 1 N–H and O–H groups in total. The average molecular weight is 477 g/mol. The van der Waals surface area contributed by atoms with Crippen molar-refractivity contribution < 1.29 is 32.5 Å². The monoisotopic (exact) mass is 476 g/mol. The molecule has 0 heterocycles. The summed E-state index contributed by atoms with van der Waals surface area (Å²) in [5.41, 5.74) is 0.467. The highest BCUT2D eigenvalue weighted by molar-refractivity contribution is 5.89. The van der Waals surface area contributed by atoms with Crippen LogP contribution < -0.4 is 0 Å². The number of hydrogen-bond acceptors (Lipinski definition) is 4. The second-order valence-corrected chi connectivity index (χ2v) is 8.00. The molecule has 2 aromatic rings. The van der Waals surface area contributed by atoms with Gasteiger partial charge in [0.1, 0.15) is 5.75 Å². The summed E-state index contributed by atoms with van der Waals surface area (Å²) in [6.07, 6.45) is 1.51. The third-order valence-corrected chi connectivity index (χ3v) is 5.26. The minimum atomic E-state index is -4.64. The number of carbonyl (C=O) groups is 1. The number of esters is 1. The van der Waals surface area contributed by atoms with Crippen LogP contribution in [0.5, 0.6) is 5.75 Å². The Hall–Kier alpha value is -2.98. The largest absolute Gasteiger partial charge is 0.508 e. The third kappa shape index (κ3) is 8.75. The van der Waals surface area contributed by atoms with Crippen LogP contribution in [0.4, 0.5) is 13.2 Å². The summed E-state index contributed by atoms with van der Waals surface area (Å²) in [6.45, 7) is 3.05. The lowest BCUT2D eigenvalue weighted by atomic mass is 9.98. The molecule has 184 valence electrons. The fourth-order valence-corrected chi connectivity index (χ4v) is 3.40. The molecule has 0 saturated carbocycles. The molecular formula is C27H31F3O4. The van der Waals surface area contributed by atoms with Gasteiger partial charge in [0, 0.05) is 24.8 Å². The summed E-state index contributed by atoms with van der Waals surface area (Å²) in [6, 6.07) is 7.90. The number of phenols is 1. The van der Waals surface area contributed by atoms with E-state index in [9.17, 15) is 23.1 Å². The number of unbranched alkanes of at least 4 members (excludes halogenated alkanes) is 4. The van der Waals surface area contributed by atoms with Crippen molar-refractivity contribution in [3.05, 3.63) is 64.2 Å². The molecule has 0 aromatic heterocycles. The van der Waals surface area contributed by atoms with Gasteiger partial charge >= 0.3 is 12.1 Å². The van der Waals surface area contributed by atoms with Gasteiger partial charge < -0.3 is 14.6 Å². The maximum absolute atomic E-state index is 13.3. The van der Waals surface area contributed by atoms with Gasteiger partial charge in [-0.25, -0.2) is 4.79 Å². The van der Waals surface area contributed by atoms with Crippen molar-refractivity contribution in [2.24, 2.45) is 0 Å². The average Bonchev–Trinajstić information content (AvgIpc) is 2.80. The number of aromatic hydroxyl groups is 1. The van der Waals surface area contributed by atoms with E-state index >= 15 is 0 Å². The van der Waals surface area contributed by atoms with E-state index in [2.05, 4.69) is 18.8 Å². The van der Waals surface area contributed by atoms with E-state index in [1.807, 2.05) is 0 Å². The number of methoxy groups -OCH3 is 1. The molecule has 34 heavy (non-hydrogen) atoms. The third-order valence-electron chi connectivity index (χ3n) is 5.26. The van der Waals surface area contributed by atoms with Crippen molar-refractivity contribution in [2.75, 3.05) is 20.3 Å². The van der Waals surface area contributed by atoms with Gasteiger partial charge in [-0.05, 0) is 67.6 Å². The molecule has 0 aliphatic heterocycles. The Morgan fingerprint density at radius 3 is 2.35 bits per heavy atom. The molecule has 0 fully saturated rings. The van der Waals surface area contributed by atoms with Gasteiger partial charge in [-0.2, -0.15) is 13.2 Å². The van der Waals surface area contributed by atoms with Crippen LogP contribution in [-0.2, 0) is 22.1 Å². The van der Waals surface area contributed by atoms with Crippen molar-refractivity contribution in [3.63, 3.8) is 0 Å². The highest BCUT2D eigenvalue weighted by Gasteiger charge is 2.33. The van der Waals surface area contributed by atoms with Crippen LogP contribution >= 0.6 is 0 Å². The zero-order chi connectivity index (χ0) is 25.0. The number of ether oxygens (including phenoxy) is 2. The molecule has 0 amide bonds. The summed E-state index contributed by atoms with van der Waals surface area (Å²) in [5.74, 6) is 4.50. The van der Waals surface area contributed by atoms with Crippen molar-refractivity contribution in [2.45, 2.75) is 58.0 Å². The van der Waals surface area contributed by atoms with E-state index in [0.717, 1.165) is 50.2 Å². The van der Waals surface area contributed by atoms with E-state index in [0.29, 0.717) is 36.8 Å². The molecule has 0 bridgehead atoms. The zero-order valence-electron chi connectivity index (χ0n) is 19.6. The van der Waals surface area contributed by atoms with E-state index in [1.54, 1.807) is 25.3 Å². The summed E-state index contributed by atoms with van der Waals surface area (Å²) < 4.78 is 50.5. The van der Waals surface area contributed by atoms with Gasteiger partial charge in [-0.1, -0.05) is 38.0 Å². The zero-order valence-corrected chi connectivity index (χ0v) is 19.6.